The fourth-order valence-corrected chi connectivity index (χ4v) is 2.75. The van der Waals surface area contributed by atoms with Gasteiger partial charge in [0.25, 0.3) is 0 Å². The predicted octanol–water partition coefficient (Wildman–Crippen LogP) is 3.56. The van der Waals surface area contributed by atoms with E-state index < -0.39 is 0 Å². The minimum atomic E-state index is -0.0752. The lowest BCUT2D eigenvalue weighted by Gasteiger charge is -2.10. The molecule has 1 aromatic heterocycles. The van der Waals surface area contributed by atoms with E-state index in [0.717, 1.165) is 16.9 Å². The van der Waals surface area contributed by atoms with E-state index >= 15 is 0 Å². The Bertz CT molecular complexity index is 862. The van der Waals surface area contributed by atoms with Gasteiger partial charge in [0, 0.05) is 24.6 Å². The first-order valence-electron chi connectivity index (χ1n) is 7.97. The summed E-state index contributed by atoms with van der Waals surface area (Å²) in [6, 6.07) is 15.4. The van der Waals surface area contributed by atoms with Gasteiger partial charge < -0.3 is 10.6 Å². The molecule has 0 aliphatic heterocycles. The molecule has 0 aliphatic rings. The summed E-state index contributed by atoms with van der Waals surface area (Å²) in [5, 5.41) is 10.7. The van der Waals surface area contributed by atoms with Crippen molar-refractivity contribution in [3.05, 3.63) is 77.1 Å². The van der Waals surface area contributed by atoms with Gasteiger partial charge in [-0.25, -0.2) is 4.68 Å². The molecule has 0 spiro atoms. The Morgan fingerprint density at radius 2 is 2.08 bits per heavy atom. The Labute approximate surface area is 151 Å². The standard InChI is InChI=1S/C19H19ClN4O/c1-14-4-2-5-15(10-14)12-22-19(25)13-21-16-6-7-18(17(20)11-16)24-9-3-8-23-24/h2-11,21H,12-13H2,1H3,(H,22,25). The van der Waals surface area contributed by atoms with Gasteiger partial charge in [-0.1, -0.05) is 41.4 Å². The molecule has 0 saturated carbocycles. The van der Waals surface area contributed by atoms with Gasteiger partial charge in [0.2, 0.25) is 5.91 Å². The minimum absolute atomic E-state index is 0.0752. The zero-order valence-corrected chi connectivity index (χ0v) is 14.6. The maximum Gasteiger partial charge on any atom is 0.239 e. The van der Waals surface area contributed by atoms with Crippen LogP contribution in [0.2, 0.25) is 5.02 Å². The Kier molecular flexibility index (Phi) is 5.36. The van der Waals surface area contributed by atoms with Crippen LogP contribution >= 0.6 is 11.6 Å². The number of carbonyl (C=O) groups excluding carboxylic acids is 1. The van der Waals surface area contributed by atoms with Gasteiger partial charge in [0.1, 0.15) is 0 Å². The van der Waals surface area contributed by atoms with Crippen molar-refractivity contribution in [1.29, 1.82) is 0 Å². The highest BCUT2D eigenvalue weighted by Crippen LogP contribution is 2.23. The molecular weight excluding hydrogens is 336 g/mol. The van der Waals surface area contributed by atoms with Crippen LogP contribution < -0.4 is 10.6 Å². The van der Waals surface area contributed by atoms with Gasteiger partial charge in [0.15, 0.2) is 0 Å². The van der Waals surface area contributed by atoms with E-state index in [1.807, 2.05) is 49.5 Å². The summed E-state index contributed by atoms with van der Waals surface area (Å²) in [7, 11) is 0. The van der Waals surface area contributed by atoms with Gasteiger partial charge in [-0.15, -0.1) is 0 Å². The molecule has 0 saturated heterocycles. The molecule has 0 bridgehead atoms. The highest BCUT2D eigenvalue weighted by Gasteiger charge is 2.06. The van der Waals surface area contributed by atoms with Crippen LogP contribution in [0.15, 0.2) is 60.9 Å². The minimum Gasteiger partial charge on any atom is -0.376 e. The molecule has 0 unspecified atom stereocenters. The zero-order chi connectivity index (χ0) is 17.6. The molecule has 0 aliphatic carbocycles. The summed E-state index contributed by atoms with van der Waals surface area (Å²) in [6.07, 6.45) is 3.52. The van der Waals surface area contributed by atoms with Gasteiger partial charge in [-0.2, -0.15) is 5.10 Å². The van der Waals surface area contributed by atoms with Crippen LogP contribution in [-0.2, 0) is 11.3 Å². The molecule has 3 rings (SSSR count). The molecule has 3 aromatic rings. The molecule has 5 nitrogen and oxygen atoms in total. The third kappa shape index (κ3) is 4.61. The van der Waals surface area contributed by atoms with Crippen molar-refractivity contribution >= 4 is 23.2 Å². The van der Waals surface area contributed by atoms with Gasteiger partial charge in [-0.3, -0.25) is 4.79 Å². The number of amides is 1. The van der Waals surface area contributed by atoms with E-state index in [-0.39, 0.29) is 12.5 Å². The third-order valence-electron chi connectivity index (χ3n) is 3.72. The molecule has 0 radical (unpaired) electrons. The molecule has 2 aromatic carbocycles. The number of hydrogen-bond donors (Lipinski definition) is 2. The number of nitrogens with one attached hydrogen (secondary N) is 2. The van der Waals surface area contributed by atoms with Gasteiger partial charge in [0.05, 0.1) is 17.3 Å². The first-order chi connectivity index (χ1) is 12.1. The SMILES string of the molecule is Cc1cccc(CNC(=O)CNc2ccc(-n3cccn3)c(Cl)c2)c1. The second-order valence-electron chi connectivity index (χ2n) is 5.74. The Morgan fingerprint density at radius 3 is 2.80 bits per heavy atom. The highest BCUT2D eigenvalue weighted by molar-refractivity contribution is 6.32. The summed E-state index contributed by atoms with van der Waals surface area (Å²) in [6.45, 7) is 2.73. The number of hydrogen-bond acceptors (Lipinski definition) is 3. The maximum atomic E-state index is 12.0. The average molecular weight is 355 g/mol. The van der Waals surface area contributed by atoms with Crippen LogP contribution in [0.1, 0.15) is 11.1 Å². The monoisotopic (exact) mass is 354 g/mol. The Balaban J connectivity index is 1.53. The second kappa shape index (κ2) is 7.85. The number of carbonyl (C=O) groups is 1. The fourth-order valence-electron chi connectivity index (χ4n) is 2.48. The lowest BCUT2D eigenvalue weighted by Crippen LogP contribution is -2.29. The van der Waals surface area contributed by atoms with Crippen LogP contribution in [0.25, 0.3) is 5.69 Å². The Morgan fingerprint density at radius 1 is 1.20 bits per heavy atom. The number of nitrogens with zero attached hydrogens (tertiary/aromatic N) is 2. The van der Waals surface area contributed by atoms with Crippen molar-refractivity contribution in [2.75, 3.05) is 11.9 Å². The third-order valence-corrected chi connectivity index (χ3v) is 4.03. The van der Waals surface area contributed by atoms with Crippen LogP contribution in [0.4, 0.5) is 5.69 Å². The van der Waals surface area contributed by atoms with Crippen LogP contribution in [-0.4, -0.2) is 22.2 Å². The quantitative estimate of drug-likeness (QED) is 0.711. The van der Waals surface area contributed by atoms with Crippen molar-refractivity contribution in [1.82, 2.24) is 15.1 Å². The maximum absolute atomic E-state index is 12.0. The van der Waals surface area contributed by atoms with Crippen LogP contribution in [0.5, 0.6) is 0 Å². The molecular formula is C19H19ClN4O. The van der Waals surface area contributed by atoms with Crippen molar-refractivity contribution in [3.8, 4) is 5.69 Å². The zero-order valence-electron chi connectivity index (χ0n) is 13.9. The number of aryl methyl sites for hydroxylation is 1. The topological polar surface area (TPSA) is 59.0 Å². The lowest BCUT2D eigenvalue weighted by atomic mass is 10.1. The predicted molar refractivity (Wildman–Crippen MR) is 100 cm³/mol. The van der Waals surface area contributed by atoms with Crippen molar-refractivity contribution < 1.29 is 4.79 Å². The number of aromatic nitrogens is 2. The highest BCUT2D eigenvalue weighted by atomic mass is 35.5. The van der Waals surface area contributed by atoms with Gasteiger partial charge in [-0.05, 0) is 36.8 Å². The fraction of sp³-hybridized carbons (Fsp3) is 0.158. The summed E-state index contributed by atoms with van der Waals surface area (Å²) in [5.41, 5.74) is 3.84. The van der Waals surface area contributed by atoms with E-state index in [0.29, 0.717) is 11.6 Å². The summed E-state index contributed by atoms with van der Waals surface area (Å²) < 4.78 is 1.70. The number of benzene rings is 2. The van der Waals surface area contributed by atoms with Crippen LogP contribution in [0, 0.1) is 6.92 Å². The van der Waals surface area contributed by atoms with E-state index in [1.165, 1.54) is 5.56 Å². The molecule has 6 heteroatoms. The largest absolute Gasteiger partial charge is 0.376 e. The molecule has 128 valence electrons. The van der Waals surface area contributed by atoms with Crippen molar-refractivity contribution in [2.24, 2.45) is 0 Å². The van der Waals surface area contributed by atoms with Crippen molar-refractivity contribution in [3.63, 3.8) is 0 Å². The van der Waals surface area contributed by atoms with E-state index in [9.17, 15) is 4.79 Å². The average Bonchev–Trinajstić information content (AvgIpc) is 3.12. The Hall–Kier alpha value is -2.79. The first kappa shape index (κ1) is 17.0. The summed E-state index contributed by atoms with van der Waals surface area (Å²) in [4.78, 5) is 12.0. The summed E-state index contributed by atoms with van der Waals surface area (Å²) in [5.74, 6) is -0.0752. The van der Waals surface area contributed by atoms with E-state index in [4.69, 9.17) is 11.6 Å². The molecule has 1 amide bonds. The van der Waals surface area contributed by atoms with Crippen molar-refractivity contribution in [2.45, 2.75) is 13.5 Å². The molecule has 0 fully saturated rings. The molecule has 1 heterocycles. The summed E-state index contributed by atoms with van der Waals surface area (Å²) >= 11 is 6.29. The second-order valence-corrected chi connectivity index (χ2v) is 6.14. The van der Waals surface area contributed by atoms with Crippen LogP contribution in [0.3, 0.4) is 0 Å². The molecule has 2 N–H and O–H groups in total. The smallest absolute Gasteiger partial charge is 0.239 e. The number of rotatable bonds is 6. The molecule has 0 atom stereocenters. The van der Waals surface area contributed by atoms with E-state index in [2.05, 4.69) is 21.8 Å². The number of anilines is 1. The van der Waals surface area contributed by atoms with E-state index in [1.54, 1.807) is 16.9 Å². The van der Waals surface area contributed by atoms with Gasteiger partial charge >= 0.3 is 0 Å². The normalized spacial score (nSPS) is 10.5. The molecule has 25 heavy (non-hydrogen) atoms. The number of halogens is 1. The first-order valence-corrected chi connectivity index (χ1v) is 8.35. The lowest BCUT2D eigenvalue weighted by molar-refractivity contribution is -0.119.